The Morgan fingerprint density at radius 1 is 1.19 bits per heavy atom. The zero-order valence-electron chi connectivity index (χ0n) is 15.4. The summed E-state index contributed by atoms with van der Waals surface area (Å²) in [6.45, 7) is 4.95. The van der Waals surface area contributed by atoms with Gasteiger partial charge in [-0.3, -0.25) is 4.79 Å². The van der Waals surface area contributed by atoms with Gasteiger partial charge in [-0.1, -0.05) is 51.0 Å². The zero-order valence-corrected chi connectivity index (χ0v) is 16.3. The average molecular weight is 367 g/mol. The molecule has 136 valence electrons. The summed E-state index contributed by atoms with van der Waals surface area (Å²) in [5, 5.41) is 6.59. The molecule has 26 heavy (non-hydrogen) atoms. The molecule has 4 rings (SSSR count). The third-order valence-corrected chi connectivity index (χ3v) is 6.83. The molecule has 4 heteroatoms. The Bertz CT molecular complexity index is 896. The monoisotopic (exact) mass is 366 g/mol. The van der Waals surface area contributed by atoms with E-state index in [2.05, 4.69) is 65.5 Å². The van der Waals surface area contributed by atoms with E-state index < -0.39 is 0 Å². The molecular formula is C22H26N2OS. The number of carbonyl (C=O) groups is 1. The fourth-order valence-corrected chi connectivity index (χ4v) is 4.94. The second kappa shape index (κ2) is 7.28. The summed E-state index contributed by atoms with van der Waals surface area (Å²) in [6.07, 6.45) is 3.59. The first kappa shape index (κ1) is 17.3. The second-order valence-corrected chi connectivity index (χ2v) is 8.54. The summed E-state index contributed by atoms with van der Waals surface area (Å²) >= 11 is 1.72. The molecule has 0 unspecified atom stereocenters. The van der Waals surface area contributed by atoms with Gasteiger partial charge >= 0.3 is 0 Å². The number of carbonyl (C=O) groups excluding carboxylic acids is 1. The van der Waals surface area contributed by atoms with Crippen molar-refractivity contribution in [2.24, 2.45) is 11.8 Å². The number of hydrogen-bond acceptors (Lipinski definition) is 2. The molecule has 0 aliphatic heterocycles. The van der Waals surface area contributed by atoms with Crippen molar-refractivity contribution in [3.63, 3.8) is 0 Å². The SMILES string of the molecule is C[C@H]1[C@H](C)CCC[C@@H]1NC(=O)Cn1c(-c2cccs2)cc2ccccc21. The molecule has 1 aliphatic rings. The van der Waals surface area contributed by atoms with Gasteiger partial charge in [0.25, 0.3) is 0 Å². The van der Waals surface area contributed by atoms with Gasteiger partial charge < -0.3 is 9.88 Å². The first-order valence-corrected chi connectivity index (χ1v) is 10.4. The van der Waals surface area contributed by atoms with Crippen molar-refractivity contribution in [1.82, 2.24) is 9.88 Å². The number of amides is 1. The van der Waals surface area contributed by atoms with Crippen LogP contribution < -0.4 is 5.32 Å². The lowest BCUT2D eigenvalue weighted by atomic mass is 9.78. The lowest BCUT2D eigenvalue weighted by Gasteiger charge is -2.34. The molecule has 0 spiro atoms. The zero-order chi connectivity index (χ0) is 18.1. The molecule has 1 aliphatic carbocycles. The third kappa shape index (κ3) is 3.30. The van der Waals surface area contributed by atoms with Crippen LogP contribution in [0.3, 0.4) is 0 Å². The average Bonchev–Trinajstić information content (AvgIpc) is 3.27. The summed E-state index contributed by atoms with van der Waals surface area (Å²) in [5.74, 6) is 1.35. The van der Waals surface area contributed by atoms with E-state index in [1.165, 1.54) is 23.1 Å². The highest BCUT2D eigenvalue weighted by Gasteiger charge is 2.28. The van der Waals surface area contributed by atoms with Crippen molar-refractivity contribution in [3.8, 4) is 10.6 Å². The van der Waals surface area contributed by atoms with Crippen molar-refractivity contribution < 1.29 is 4.79 Å². The van der Waals surface area contributed by atoms with Crippen LogP contribution in [0.1, 0.15) is 33.1 Å². The molecule has 1 amide bonds. The fourth-order valence-electron chi connectivity index (χ4n) is 4.19. The summed E-state index contributed by atoms with van der Waals surface area (Å²) < 4.78 is 2.16. The highest BCUT2D eigenvalue weighted by atomic mass is 32.1. The summed E-state index contributed by atoms with van der Waals surface area (Å²) in [7, 11) is 0. The van der Waals surface area contributed by atoms with Crippen LogP contribution in [0.15, 0.2) is 47.8 Å². The van der Waals surface area contributed by atoms with Crippen LogP contribution in [0.4, 0.5) is 0 Å². The third-order valence-electron chi connectivity index (χ3n) is 5.94. The van der Waals surface area contributed by atoms with Gasteiger partial charge in [-0.05, 0) is 41.8 Å². The van der Waals surface area contributed by atoms with Gasteiger partial charge in [0.2, 0.25) is 5.91 Å². The van der Waals surface area contributed by atoms with Crippen LogP contribution in [-0.2, 0) is 11.3 Å². The number of fused-ring (bicyclic) bond motifs is 1. The number of nitrogens with zero attached hydrogens (tertiary/aromatic N) is 1. The summed E-state index contributed by atoms with van der Waals surface area (Å²) in [5.41, 5.74) is 2.25. The quantitative estimate of drug-likeness (QED) is 0.667. The minimum atomic E-state index is 0.120. The molecule has 3 aromatic rings. The van der Waals surface area contributed by atoms with Gasteiger partial charge in [0.05, 0.1) is 10.6 Å². The van der Waals surface area contributed by atoms with E-state index in [1.807, 2.05) is 6.07 Å². The van der Waals surface area contributed by atoms with Gasteiger partial charge in [-0.15, -0.1) is 11.3 Å². The number of benzene rings is 1. The first-order chi connectivity index (χ1) is 12.6. The Morgan fingerprint density at radius 3 is 2.85 bits per heavy atom. The van der Waals surface area contributed by atoms with Gasteiger partial charge in [0.15, 0.2) is 0 Å². The van der Waals surface area contributed by atoms with E-state index >= 15 is 0 Å². The predicted octanol–water partition coefficient (Wildman–Crippen LogP) is 5.31. The maximum atomic E-state index is 12.9. The number of rotatable bonds is 4. The molecule has 3 nitrogen and oxygen atoms in total. The summed E-state index contributed by atoms with van der Waals surface area (Å²) in [4.78, 5) is 14.1. The van der Waals surface area contributed by atoms with Crippen molar-refractivity contribution in [2.45, 2.75) is 45.7 Å². The number of hydrogen-bond donors (Lipinski definition) is 1. The van der Waals surface area contributed by atoms with Crippen molar-refractivity contribution in [2.75, 3.05) is 0 Å². The largest absolute Gasteiger partial charge is 0.352 e. The maximum absolute atomic E-state index is 12.9. The number of aromatic nitrogens is 1. The minimum Gasteiger partial charge on any atom is -0.352 e. The Kier molecular flexibility index (Phi) is 4.86. The molecule has 2 heterocycles. The Hall–Kier alpha value is -2.07. The molecule has 0 radical (unpaired) electrons. The molecule has 1 aromatic carbocycles. The first-order valence-electron chi connectivity index (χ1n) is 9.55. The molecule has 1 saturated carbocycles. The Balaban J connectivity index is 1.60. The van der Waals surface area contributed by atoms with Gasteiger partial charge in [-0.2, -0.15) is 0 Å². The van der Waals surface area contributed by atoms with Crippen molar-refractivity contribution in [3.05, 3.63) is 47.8 Å². The van der Waals surface area contributed by atoms with Crippen LogP contribution in [0.5, 0.6) is 0 Å². The Morgan fingerprint density at radius 2 is 2.04 bits per heavy atom. The maximum Gasteiger partial charge on any atom is 0.240 e. The molecule has 3 atom stereocenters. The van der Waals surface area contributed by atoms with E-state index in [0.29, 0.717) is 24.4 Å². The highest BCUT2D eigenvalue weighted by molar-refractivity contribution is 7.13. The van der Waals surface area contributed by atoms with Crippen LogP contribution in [0, 0.1) is 11.8 Å². The lowest BCUT2D eigenvalue weighted by molar-refractivity contribution is -0.123. The van der Waals surface area contributed by atoms with Crippen LogP contribution in [0.2, 0.25) is 0 Å². The van der Waals surface area contributed by atoms with Crippen LogP contribution in [0.25, 0.3) is 21.5 Å². The summed E-state index contributed by atoms with van der Waals surface area (Å²) in [6, 6.07) is 15.0. The standard InChI is InChI=1S/C22H26N2OS/c1-15-7-5-9-18(16(15)2)23-22(25)14-24-19-10-4-3-8-17(19)13-20(24)21-11-6-12-26-21/h3-4,6,8,10-13,15-16,18H,5,7,9,14H2,1-2H3,(H,23,25)/t15-,16+,18+/m1/s1. The van der Waals surface area contributed by atoms with E-state index in [9.17, 15) is 4.79 Å². The normalized spacial score (nSPS) is 23.2. The predicted molar refractivity (Wildman–Crippen MR) is 109 cm³/mol. The molecular weight excluding hydrogens is 340 g/mol. The Labute approximate surface area is 159 Å². The van der Waals surface area contributed by atoms with Gasteiger partial charge in [0, 0.05) is 16.9 Å². The van der Waals surface area contributed by atoms with E-state index in [4.69, 9.17) is 0 Å². The van der Waals surface area contributed by atoms with Gasteiger partial charge in [-0.25, -0.2) is 0 Å². The number of para-hydroxylation sites is 1. The van der Waals surface area contributed by atoms with Crippen LogP contribution >= 0.6 is 11.3 Å². The van der Waals surface area contributed by atoms with Crippen molar-refractivity contribution >= 4 is 28.1 Å². The van der Waals surface area contributed by atoms with Gasteiger partial charge in [0.1, 0.15) is 6.54 Å². The molecule has 1 N–H and O–H groups in total. The fraction of sp³-hybridized carbons (Fsp3) is 0.409. The van der Waals surface area contributed by atoms with Crippen molar-refractivity contribution in [1.29, 1.82) is 0 Å². The minimum absolute atomic E-state index is 0.120. The van der Waals surface area contributed by atoms with Crippen LogP contribution in [-0.4, -0.2) is 16.5 Å². The van der Waals surface area contributed by atoms with E-state index in [0.717, 1.165) is 17.6 Å². The second-order valence-electron chi connectivity index (χ2n) is 7.59. The number of thiophene rings is 1. The number of nitrogens with one attached hydrogen (secondary N) is 1. The molecule has 0 bridgehead atoms. The highest BCUT2D eigenvalue weighted by Crippen LogP contribution is 2.32. The molecule has 1 fully saturated rings. The molecule has 0 saturated heterocycles. The van der Waals surface area contributed by atoms with E-state index in [1.54, 1.807) is 11.3 Å². The smallest absolute Gasteiger partial charge is 0.240 e. The lowest BCUT2D eigenvalue weighted by Crippen LogP contribution is -2.44. The van der Waals surface area contributed by atoms with E-state index in [-0.39, 0.29) is 5.91 Å². The topological polar surface area (TPSA) is 34.0 Å². The molecule has 2 aromatic heterocycles.